The zero-order valence-corrected chi connectivity index (χ0v) is 8.00. The molecule has 0 aliphatic rings. The predicted octanol–water partition coefficient (Wildman–Crippen LogP) is 2.38. The zero-order valence-electron chi connectivity index (χ0n) is 7.06. The molecule has 0 saturated heterocycles. The van der Waals surface area contributed by atoms with Crippen LogP contribution in [0.3, 0.4) is 0 Å². The van der Waals surface area contributed by atoms with Crippen LogP contribution in [0, 0.1) is 0 Å². The van der Waals surface area contributed by atoms with Crippen LogP contribution in [0.1, 0.15) is 26.3 Å². The molecular formula is C9H13CuN. The third-order valence-corrected chi connectivity index (χ3v) is 1.55. The molecule has 11 heavy (non-hydrogen) atoms. The number of hydrogen-bond donors (Lipinski definition) is 0. The summed E-state index contributed by atoms with van der Waals surface area (Å²) >= 11 is 0. The van der Waals surface area contributed by atoms with Gasteiger partial charge in [0.15, 0.2) is 0 Å². The van der Waals surface area contributed by atoms with Crippen molar-refractivity contribution >= 4 is 0 Å². The van der Waals surface area contributed by atoms with Crippen molar-refractivity contribution in [3.05, 3.63) is 30.1 Å². The molecule has 1 aromatic heterocycles. The Bertz CT molecular complexity index is 201. The maximum atomic E-state index is 3.96. The van der Waals surface area contributed by atoms with E-state index >= 15 is 0 Å². The van der Waals surface area contributed by atoms with Gasteiger partial charge in [-0.1, -0.05) is 20.8 Å². The molecule has 0 amide bonds. The molecule has 65 valence electrons. The molecule has 0 saturated carbocycles. The molecule has 0 fully saturated rings. The molecule has 1 rings (SSSR count). The van der Waals surface area contributed by atoms with Crippen molar-refractivity contribution in [2.45, 2.75) is 26.2 Å². The Morgan fingerprint density at radius 2 is 1.55 bits per heavy atom. The number of pyridine rings is 1. The number of rotatable bonds is 0. The maximum absolute atomic E-state index is 3.96. The molecule has 1 heterocycles. The number of nitrogens with zero attached hydrogens (tertiary/aromatic N) is 1. The van der Waals surface area contributed by atoms with Gasteiger partial charge in [0.2, 0.25) is 0 Å². The molecule has 2 heteroatoms. The fourth-order valence-electron chi connectivity index (χ4n) is 0.852. The quantitative estimate of drug-likeness (QED) is 0.584. The van der Waals surface area contributed by atoms with Crippen molar-refractivity contribution < 1.29 is 17.1 Å². The van der Waals surface area contributed by atoms with Gasteiger partial charge in [-0.3, -0.25) is 4.98 Å². The second-order valence-electron chi connectivity index (χ2n) is 3.49. The van der Waals surface area contributed by atoms with Crippen molar-refractivity contribution in [1.29, 1.82) is 0 Å². The van der Waals surface area contributed by atoms with E-state index in [-0.39, 0.29) is 22.5 Å². The van der Waals surface area contributed by atoms with Crippen LogP contribution in [0.15, 0.2) is 24.5 Å². The summed E-state index contributed by atoms with van der Waals surface area (Å²) in [7, 11) is 0. The number of hydrogen-bond acceptors (Lipinski definition) is 1. The van der Waals surface area contributed by atoms with Crippen LogP contribution in [0.25, 0.3) is 0 Å². The minimum absolute atomic E-state index is 0. The van der Waals surface area contributed by atoms with Gasteiger partial charge in [-0.15, -0.1) is 0 Å². The van der Waals surface area contributed by atoms with Gasteiger partial charge in [0, 0.05) is 29.5 Å². The SMILES string of the molecule is CC(C)(C)c1ccncc1.[Cu]. The molecule has 0 aliphatic heterocycles. The van der Waals surface area contributed by atoms with Crippen molar-refractivity contribution in [3.63, 3.8) is 0 Å². The maximum Gasteiger partial charge on any atom is 0.0270 e. The van der Waals surface area contributed by atoms with E-state index in [2.05, 4.69) is 37.9 Å². The molecule has 0 bridgehead atoms. The first kappa shape index (κ1) is 10.7. The molecule has 0 aromatic carbocycles. The van der Waals surface area contributed by atoms with Crippen LogP contribution in [-0.2, 0) is 22.5 Å². The van der Waals surface area contributed by atoms with E-state index in [1.807, 2.05) is 12.4 Å². The third-order valence-electron chi connectivity index (χ3n) is 1.55. The summed E-state index contributed by atoms with van der Waals surface area (Å²) in [6.07, 6.45) is 3.67. The summed E-state index contributed by atoms with van der Waals surface area (Å²) in [4.78, 5) is 3.96. The van der Waals surface area contributed by atoms with Crippen LogP contribution in [0.4, 0.5) is 0 Å². The minimum atomic E-state index is 0. The van der Waals surface area contributed by atoms with E-state index in [0.29, 0.717) is 0 Å². The molecule has 1 nitrogen and oxygen atoms in total. The van der Waals surface area contributed by atoms with E-state index in [1.165, 1.54) is 5.56 Å². The first-order valence-corrected chi connectivity index (χ1v) is 3.51. The average Bonchev–Trinajstić information content (AvgIpc) is 1.88. The largest absolute Gasteiger partial charge is 0.265 e. The fourth-order valence-corrected chi connectivity index (χ4v) is 0.852. The molecular weight excluding hydrogens is 186 g/mol. The Morgan fingerprint density at radius 3 is 1.82 bits per heavy atom. The average molecular weight is 199 g/mol. The molecule has 0 unspecified atom stereocenters. The Kier molecular flexibility index (Phi) is 3.77. The van der Waals surface area contributed by atoms with Crippen molar-refractivity contribution in [1.82, 2.24) is 4.98 Å². The smallest absolute Gasteiger partial charge is 0.0270 e. The van der Waals surface area contributed by atoms with Crippen LogP contribution in [0.5, 0.6) is 0 Å². The molecule has 0 atom stereocenters. The molecule has 0 spiro atoms. The number of aromatic nitrogens is 1. The molecule has 0 aliphatic carbocycles. The van der Waals surface area contributed by atoms with Gasteiger partial charge in [0.25, 0.3) is 0 Å². The van der Waals surface area contributed by atoms with E-state index in [0.717, 1.165) is 0 Å². The molecule has 1 aromatic rings. The van der Waals surface area contributed by atoms with Crippen LogP contribution >= 0.6 is 0 Å². The molecule has 1 radical (unpaired) electrons. The first-order valence-electron chi connectivity index (χ1n) is 3.51. The van der Waals surface area contributed by atoms with Crippen LogP contribution < -0.4 is 0 Å². The third kappa shape index (κ3) is 3.04. The van der Waals surface area contributed by atoms with E-state index < -0.39 is 0 Å². The van der Waals surface area contributed by atoms with Gasteiger partial charge in [0.1, 0.15) is 0 Å². The van der Waals surface area contributed by atoms with Gasteiger partial charge in [-0.05, 0) is 23.1 Å². The van der Waals surface area contributed by atoms with E-state index in [1.54, 1.807) is 0 Å². The fraction of sp³-hybridized carbons (Fsp3) is 0.444. The van der Waals surface area contributed by atoms with Gasteiger partial charge in [-0.25, -0.2) is 0 Å². The normalized spacial score (nSPS) is 10.5. The summed E-state index contributed by atoms with van der Waals surface area (Å²) in [6, 6.07) is 4.11. The Morgan fingerprint density at radius 1 is 1.09 bits per heavy atom. The van der Waals surface area contributed by atoms with Gasteiger partial charge < -0.3 is 0 Å². The van der Waals surface area contributed by atoms with Gasteiger partial charge >= 0.3 is 0 Å². The van der Waals surface area contributed by atoms with E-state index in [4.69, 9.17) is 0 Å². The monoisotopic (exact) mass is 198 g/mol. The second-order valence-corrected chi connectivity index (χ2v) is 3.49. The summed E-state index contributed by atoms with van der Waals surface area (Å²) in [5, 5.41) is 0. The Labute approximate surface area is 78.7 Å². The summed E-state index contributed by atoms with van der Waals surface area (Å²) in [5.74, 6) is 0. The second kappa shape index (κ2) is 3.89. The van der Waals surface area contributed by atoms with Gasteiger partial charge in [0.05, 0.1) is 0 Å². The summed E-state index contributed by atoms with van der Waals surface area (Å²) in [6.45, 7) is 6.59. The van der Waals surface area contributed by atoms with Crippen molar-refractivity contribution in [2.75, 3.05) is 0 Å². The van der Waals surface area contributed by atoms with Crippen molar-refractivity contribution in [2.24, 2.45) is 0 Å². The summed E-state index contributed by atoms with van der Waals surface area (Å²) < 4.78 is 0. The topological polar surface area (TPSA) is 12.9 Å². The Balaban J connectivity index is 0.000001000. The van der Waals surface area contributed by atoms with Gasteiger partial charge in [-0.2, -0.15) is 0 Å². The Hall–Kier alpha value is -0.331. The first-order chi connectivity index (χ1) is 4.61. The predicted molar refractivity (Wildman–Crippen MR) is 42.9 cm³/mol. The van der Waals surface area contributed by atoms with E-state index in [9.17, 15) is 0 Å². The van der Waals surface area contributed by atoms with Crippen LogP contribution in [-0.4, -0.2) is 4.98 Å². The minimum Gasteiger partial charge on any atom is -0.265 e. The zero-order chi connectivity index (χ0) is 7.61. The van der Waals surface area contributed by atoms with Crippen molar-refractivity contribution in [3.8, 4) is 0 Å². The summed E-state index contributed by atoms with van der Waals surface area (Å²) in [5.41, 5.74) is 1.59. The molecule has 0 N–H and O–H groups in total. The standard InChI is InChI=1S/C9H13N.Cu/c1-9(2,3)8-4-6-10-7-5-8;/h4-7H,1-3H3;. The van der Waals surface area contributed by atoms with Crippen LogP contribution in [0.2, 0.25) is 0 Å².